The molecule has 1 aromatic heterocycles. The average Bonchev–Trinajstić information content (AvgIpc) is 2.89. The molecule has 3 heteroatoms. The molecule has 0 saturated heterocycles. The van der Waals surface area contributed by atoms with E-state index in [0.717, 1.165) is 12.2 Å². The molecule has 1 heterocycles. The third kappa shape index (κ3) is 3.45. The van der Waals surface area contributed by atoms with Gasteiger partial charge in [0.15, 0.2) is 0 Å². The van der Waals surface area contributed by atoms with Crippen LogP contribution in [0, 0.1) is 0 Å². The second-order valence-corrected chi connectivity index (χ2v) is 4.40. The van der Waals surface area contributed by atoms with Crippen LogP contribution < -0.4 is 5.73 Å². The predicted octanol–water partition coefficient (Wildman–Crippen LogP) is 2.93. The fourth-order valence-corrected chi connectivity index (χ4v) is 1.89. The van der Waals surface area contributed by atoms with Crippen LogP contribution in [-0.4, -0.2) is 12.6 Å². The molecule has 2 rings (SSSR count). The van der Waals surface area contributed by atoms with Gasteiger partial charge in [-0.25, -0.2) is 0 Å². The topological polar surface area (TPSA) is 48.4 Å². The van der Waals surface area contributed by atoms with Crippen LogP contribution in [0.25, 0.3) is 0 Å². The van der Waals surface area contributed by atoms with Crippen LogP contribution in [0.2, 0.25) is 0 Å². The highest BCUT2D eigenvalue weighted by Crippen LogP contribution is 2.20. The average molecular weight is 245 g/mol. The van der Waals surface area contributed by atoms with Gasteiger partial charge >= 0.3 is 0 Å². The van der Waals surface area contributed by atoms with Crippen LogP contribution in [0.3, 0.4) is 0 Å². The third-order valence-corrected chi connectivity index (χ3v) is 2.83. The number of hydrogen-bond acceptors (Lipinski definition) is 3. The van der Waals surface area contributed by atoms with Gasteiger partial charge in [-0.1, -0.05) is 30.3 Å². The van der Waals surface area contributed by atoms with Gasteiger partial charge in [0.1, 0.15) is 11.9 Å². The standard InChI is InChI=1S/C15H19NO2/c1-12(16)15(14-8-5-10-17-14)18-11-9-13-6-3-2-4-7-13/h2-8,10,12,15H,9,11,16H2,1H3. The highest BCUT2D eigenvalue weighted by atomic mass is 16.5. The first-order chi connectivity index (χ1) is 8.77. The van der Waals surface area contributed by atoms with Crippen molar-refractivity contribution in [2.45, 2.75) is 25.5 Å². The summed E-state index contributed by atoms with van der Waals surface area (Å²) in [6.45, 7) is 2.56. The molecule has 0 aliphatic rings. The largest absolute Gasteiger partial charge is 0.467 e. The van der Waals surface area contributed by atoms with Gasteiger partial charge in [0.2, 0.25) is 0 Å². The van der Waals surface area contributed by atoms with Gasteiger partial charge in [0, 0.05) is 6.04 Å². The predicted molar refractivity (Wildman–Crippen MR) is 71.2 cm³/mol. The highest BCUT2D eigenvalue weighted by molar-refractivity contribution is 5.14. The minimum absolute atomic E-state index is 0.0908. The Hall–Kier alpha value is -1.58. The van der Waals surface area contributed by atoms with E-state index in [9.17, 15) is 0 Å². The van der Waals surface area contributed by atoms with Crippen LogP contribution in [0.1, 0.15) is 24.4 Å². The lowest BCUT2D eigenvalue weighted by molar-refractivity contribution is 0.0256. The Morgan fingerprint density at radius 1 is 1.17 bits per heavy atom. The molecular weight excluding hydrogens is 226 g/mol. The van der Waals surface area contributed by atoms with Gasteiger partial charge in [-0.3, -0.25) is 0 Å². The lowest BCUT2D eigenvalue weighted by Gasteiger charge is -2.19. The normalized spacial score (nSPS) is 14.3. The zero-order valence-corrected chi connectivity index (χ0v) is 10.6. The number of benzene rings is 1. The van der Waals surface area contributed by atoms with Crippen molar-refractivity contribution in [3.05, 3.63) is 60.1 Å². The Kier molecular flexibility index (Phi) is 4.56. The first-order valence-electron chi connectivity index (χ1n) is 6.22. The minimum atomic E-state index is -0.177. The van der Waals surface area contributed by atoms with Crippen LogP contribution in [0.5, 0.6) is 0 Å². The van der Waals surface area contributed by atoms with Crippen molar-refractivity contribution < 1.29 is 9.15 Å². The maximum Gasteiger partial charge on any atom is 0.134 e. The van der Waals surface area contributed by atoms with E-state index in [4.69, 9.17) is 14.9 Å². The summed E-state index contributed by atoms with van der Waals surface area (Å²) in [6.07, 6.45) is 2.35. The van der Waals surface area contributed by atoms with Crippen molar-refractivity contribution in [2.75, 3.05) is 6.61 Å². The summed E-state index contributed by atoms with van der Waals surface area (Å²) in [5, 5.41) is 0. The molecule has 1 aromatic carbocycles. The van der Waals surface area contributed by atoms with Crippen LogP contribution >= 0.6 is 0 Å². The summed E-state index contributed by atoms with van der Waals surface area (Å²) in [4.78, 5) is 0. The molecule has 3 nitrogen and oxygen atoms in total. The van der Waals surface area contributed by atoms with E-state index in [0.29, 0.717) is 6.61 Å². The quantitative estimate of drug-likeness (QED) is 0.851. The Bertz CT molecular complexity index is 437. The first-order valence-corrected chi connectivity index (χ1v) is 6.22. The van der Waals surface area contributed by atoms with Crippen molar-refractivity contribution >= 4 is 0 Å². The minimum Gasteiger partial charge on any atom is -0.467 e. The summed E-state index contributed by atoms with van der Waals surface area (Å²) < 4.78 is 11.2. The smallest absolute Gasteiger partial charge is 0.134 e. The Morgan fingerprint density at radius 2 is 1.94 bits per heavy atom. The molecule has 0 fully saturated rings. The van der Waals surface area contributed by atoms with Crippen LogP contribution in [0.15, 0.2) is 53.1 Å². The number of rotatable bonds is 6. The zero-order valence-electron chi connectivity index (χ0n) is 10.6. The molecular formula is C15H19NO2. The van der Waals surface area contributed by atoms with E-state index in [2.05, 4.69) is 12.1 Å². The molecule has 18 heavy (non-hydrogen) atoms. The maximum atomic E-state index is 5.92. The Labute approximate surface area is 108 Å². The molecule has 0 radical (unpaired) electrons. The summed E-state index contributed by atoms with van der Waals surface area (Å²) in [5.74, 6) is 0.790. The molecule has 2 unspecified atom stereocenters. The third-order valence-electron chi connectivity index (χ3n) is 2.83. The molecule has 0 saturated carbocycles. The monoisotopic (exact) mass is 245 g/mol. The van der Waals surface area contributed by atoms with Gasteiger partial charge in [-0.05, 0) is 31.0 Å². The second-order valence-electron chi connectivity index (χ2n) is 4.40. The van der Waals surface area contributed by atoms with Crippen molar-refractivity contribution in [2.24, 2.45) is 5.73 Å². The lowest BCUT2D eigenvalue weighted by Crippen LogP contribution is -2.27. The van der Waals surface area contributed by atoms with E-state index in [-0.39, 0.29) is 12.1 Å². The van der Waals surface area contributed by atoms with Crippen LogP contribution in [0.4, 0.5) is 0 Å². The molecule has 0 bridgehead atoms. The summed E-state index contributed by atoms with van der Waals surface area (Å²) in [5.41, 5.74) is 7.19. The van der Waals surface area contributed by atoms with E-state index in [1.807, 2.05) is 37.3 Å². The summed E-state index contributed by atoms with van der Waals surface area (Å²) >= 11 is 0. The molecule has 2 aromatic rings. The van der Waals surface area contributed by atoms with Gasteiger partial charge in [-0.2, -0.15) is 0 Å². The van der Waals surface area contributed by atoms with Crippen molar-refractivity contribution in [1.82, 2.24) is 0 Å². The Balaban J connectivity index is 1.87. The number of furan rings is 1. The van der Waals surface area contributed by atoms with Gasteiger partial charge in [0.05, 0.1) is 12.9 Å². The maximum absolute atomic E-state index is 5.92. The van der Waals surface area contributed by atoms with E-state index in [1.54, 1.807) is 6.26 Å². The summed E-state index contributed by atoms with van der Waals surface area (Å²) in [6, 6.07) is 13.9. The lowest BCUT2D eigenvalue weighted by atomic mass is 10.1. The van der Waals surface area contributed by atoms with Gasteiger partial charge in [0.25, 0.3) is 0 Å². The second kappa shape index (κ2) is 6.38. The molecule has 0 spiro atoms. The van der Waals surface area contributed by atoms with E-state index >= 15 is 0 Å². The number of hydrogen-bond donors (Lipinski definition) is 1. The number of nitrogens with two attached hydrogens (primary N) is 1. The van der Waals surface area contributed by atoms with Crippen molar-refractivity contribution in [1.29, 1.82) is 0 Å². The fraction of sp³-hybridized carbons (Fsp3) is 0.333. The van der Waals surface area contributed by atoms with Crippen molar-refractivity contribution in [3.8, 4) is 0 Å². The fourth-order valence-electron chi connectivity index (χ4n) is 1.89. The molecule has 0 aliphatic carbocycles. The van der Waals surface area contributed by atoms with E-state index < -0.39 is 0 Å². The first kappa shape index (κ1) is 12.9. The van der Waals surface area contributed by atoms with Gasteiger partial charge < -0.3 is 14.9 Å². The molecule has 0 amide bonds. The van der Waals surface area contributed by atoms with Crippen molar-refractivity contribution in [3.63, 3.8) is 0 Å². The van der Waals surface area contributed by atoms with E-state index in [1.165, 1.54) is 5.56 Å². The van der Waals surface area contributed by atoms with Crippen LogP contribution in [-0.2, 0) is 11.2 Å². The molecule has 2 N–H and O–H groups in total. The SMILES string of the molecule is CC(N)C(OCCc1ccccc1)c1ccco1. The molecule has 2 atom stereocenters. The molecule has 96 valence electrons. The zero-order chi connectivity index (χ0) is 12.8. The number of ether oxygens (including phenoxy) is 1. The Morgan fingerprint density at radius 3 is 2.56 bits per heavy atom. The highest BCUT2D eigenvalue weighted by Gasteiger charge is 2.19. The summed E-state index contributed by atoms with van der Waals surface area (Å²) in [7, 11) is 0. The molecule has 0 aliphatic heterocycles. The van der Waals surface area contributed by atoms with Gasteiger partial charge in [-0.15, -0.1) is 0 Å².